The van der Waals surface area contributed by atoms with E-state index in [9.17, 15) is 4.79 Å². The second-order valence-corrected chi connectivity index (χ2v) is 6.70. The third-order valence-electron chi connectivity index (χ3n) is 4.47. The molecule has 0 spiro atoms. The molecule has 1 aromatic carbocycles. The van der Waals surface area contributed by atoms with E-state index in [0.29, 0.717) is 12.2 Å². The van der Waals surface area contributed by atoms with E-state index in [-0.39, 0.29) is 5.91 Å². The Balaban J connectivity index is 1.71. The van der Waals surface area contributed by atoms with E-state index >= 15 is 0 Å². The van der Waals surface area contributed by atoms with Crippen LogP contribution >= 0.6 is 0 Å². The molecular formula is C20H26N4O. The number of aromatic nitrogens is 1. The van der Waals surface area contributed by atoms with Gasteiger partial charge in [-0.25, -0.2) is 0 Å². The van der Waals surface area contributed by atoms with E-state index in [0.717, 1.165) is 38.0 Å². The number of carbonyl (C=O) groups excluding carboxylic acids is 1. The number of para-hydroxylation sites is 1. The van der Waals surface area contributed by atoms with Gasteiger partial charge >= 0.3 is 0 Å². The fourth-order valence-corrected chi connectivity index (χ4v) is 3.20. The summed E-state index contributed by atoms with van der Waals surface area (Å²) in [6, 6.07) is 12.4. The van der Waals surface area contributed by atoms with Gasteiger partial charge in [0, 0.05) is 30.7 Å². The van der Waals surface area contributed by atoms with E-state index in [1.165, 1.54) is 11.3 Å². The fourth-order valence-electron chi connectivity index (χ4n) is 3.20. The number of pyridine rings is 1. The zero-order valence-corrected chi connectivity index (χ0v) is 15.0. The lowest BCUT2D eigenvalue weighted by molar-refractivity contribution is 0.0947. The Bertz CT molecular complexity index is 729. The topological polar surface area (TPSA) is 48.5 Å². The number of hydrogen-bond donors (Lipinski definition) is 1. The van der Waals surface area contributed by atoms with Crippen LogP contribution in [0.15, 0.2) is 42.6 Å². The Morgan fingerprint density at radius 3 is 2.96 bits per heavy atom. The van der Waals surface area contributed by atoms with Gasteiger partial charge in [0.25, 0.3) is 5.91 Å². The first-order valence-corrected chi connectivity index (χ1v) is 8.89. The van der Waals surface area contributed by atoms with E-state index in [4.69, 9.17) is 0 Å². The van der Waals surface area contributed by atoms with Gasteiger partial charge < -0.3 is 15.1 Å². The average molecular weight is 338 g/mol. The van der Waals surface area contributed by atoms with Crippen molar-refractivity contribution in [3.05, 3.63) is 53.9 Å². The molecule has 0 saturated carbocycles. The molecule has 2 aromatic rings. The van der Waals surface area contributed by atoms with Crippen molar-refractivity contribution >= 4 is 17.3 Å². The Kier molecular flexibility index (Phi) is 5.66. The molecule has 5 nitrogen and oxygen atoms in total. The molecule has 0 unspecified atom stereocenters. The maximum atomic E-state index is 12.4. The molecule has 0 bridgehead atoms. The molecule has 0 atom stereocenters. The summed E-state index contributed by atoms with van der Waals surface area (Å²) in [5, 5.41) is 2.96. The van der Waals surface area contributed by atoms with E-state index in [1.54, 1.807) is 6.20 Å². The van der Waals surface area contributed by atoms with Gasteiger partial charge in [0.2, 0.25) is 0 Å². The van der Waals surface area contributed by atoms with E-state index in [2.05, 4.69) is 44.4 Å². The Morgan fingerprint density at radius 2 is 2.12 bits per heavy atom. The van der Waals surface area contributed by atoms with Crippen molar-refractivity contribution in [1.82, 2.24) is 15.2 Å². The molecular weight excluding hydrogens is 312 g/mol. The van der Waals surface area contributed by atoms with E-state index in [1.807, 2.05) is 26.2 Å². The molecule has 0 aliphatic carbocycles. The van der Waals surface area contributed by atoms with Crippen molar-refractivity contribution < 1.29 is 4.79 Å². The maximum absolute atomic E-state index is 12.4. The summed E-state index contributed by atoms with van der Waals surface area (Å²) in [5.74, 6) is -0.106. The molecule has 0 fully saturated rings. The number of amides is 1. The third kappa shape index (κ3) is 4.37. The van der Waals surface area contributed by atoms with Gasteiger partial charge in [-0.2, -0.15) is 0 Å². The first kappa shape index (κ1) is 17.4. The SMILES string of the molecule is CN(C)CCCNC(=O)c1cc(N2CCCc3ccccc32)ccn1. The molecule has 1 aliphatic rings. The number of fused-ring (bicyclic) bond motifs is 1. The number of nitrogens with zero attached hydrogens (tertiary/aromatic N) is 3. The lowest BCUT2D eigenvalue weighted by Gasteiger charge is -2.31. The van der Waals surface area contributed by atoms with E-state index < -0.39 is 0 Å². The molecule has 5 heteroatoms. The largest absolute Gasteiger partial charge is 0.351 e. The van der Waals surface area contributed by atoms with Gasteiger partial charge in [0.05, 0.1) is 0 Å². The maximum Gasteiger partial charge on any atom is 0.269 e. The van der Waals surface area contributed by atoms with Gasteiger partial charge in [-0.15, -0.1) is 0 Å². The number of rotatable bonds is 6. The molecule has 1 aromatic heterocycles. The van der Waals surface area contributed by atoms with Crippen LogP contribution in [-0.4, -0.2) is 49.5 Å². The van der Waals surface area contributed by atoms with Gasteiger partial charge in [0.15, 0.2) is 0 Å². The van der Waals surface area contributed by atoms with Crippen molar-refractivity contribution in [2.75, 3.05) is 38.6 Å². The summed E-state index contributed by atoms with van der Waals surface area (Å²) in [6.45, 7) is 2.58. The van der Waals surface area contributed by atoms with Crippen molar-refractivity contribution in [3.8, 4) is 0 Å². The predicted octanol–water partition coefficient (Wildman–Crippen LogP) is 2.85. The lowest BCUT2D eigenvalue weighted by Crippen LogP contribution is -2.28. The molecule has 2 heterocycles. The minimum Gasteiger partial charge on any atom is -0.351 e. The summed E-state index contributed by atoms with van der Waals surface area (Å²) < 4.78 is 0. The highest BCUT2D eigenvalue weighted by atomic mass is 16.1. The normalized spacial score (nSPS) is 13.6. The molecule has 3 rings (SSSR count). The first-order chi connectivity index (χ1) is 12.1. The number of benzene rings is 1. The van der Waals surface area contributed by atoms with Crippen molar-refractivity contribution in [1.29, 1.82) is 0 Å². The quantitative estimate of drug-likeness (QED) is 0.823. The second-order valence-electron chi connectivity index (χ2n) is 6.70. The zero-order valence-electron chi connectivity index (χ0n) is 15.0. The summed E-state index contributed by atoms with van der Waals surface area (Å²) in [6.07, 6.45) is 4.88. The third-order valence-corrected chi connectivity index (χ3v) is 4.47. The molecule has 132 valence electrons. The highest BCUT2D eigenvalue weighted by Gasteiger charge is 2.19. The molecule has 0 radical (unpaired) electrons. The van der Waals surface area contributed by atoms with Gasteiger partial charge in [-0.05, 0) is 63.7 Å². The van der Waals surface area contributed by atoms with Gasteiger partial charge in [0.1, 0.15) is 5.69 Å². The highest BCUT2D eigenvalue weighted by Crippen LogP contribution is 2.33. The predicted molar refractivity (Wildman–Crippen MR) is 102 cm³/mol. The van der Waals surface area contributed by atoms with Crippen LogP contribution in [0.1, 0.15) is 28.9 Å². The molecule has 0 saturated heterocycles. The second kappa shape index (κ2) is 8.12. The summed E-state index contributed by atoms with van der Waals surface area (Å²) in [7, 11) is 4.06. The van der Waals surface area contributed by atoms with Gasteiger partial charge in [-0.3, -0.25) is 9.78 Å². The van der Waals surface area contributed by atoms with Crippen molar-refractivity contribution in [3.63, 3.8) is 0 Å². The lowest BCUT2D eigenvalue weighted by atomic mass is 10.0. The number of nitrogens with one attached hydrogen (secondary N) is 1. The number of aryl methyl sites for hydroxylation is 1. The summed E-state index contributed by atoms with van der Waals surface area (Å²) in [5.41, 5.74) is 4.10. The first-order valence-electron chi connectivity index (χ1n) is 8.89. The Hall–Kier alpha value is -2.40. The minimum absolute atomic E-state index is 0.106. The van der Waals surface area contributed by atoms with Crippen molar-refractivity contribution in [2.45, 2.75) is 19.3 Å². The smallest absolute Gasteiger partial charge is 0.269 e. The van der Waals surface area contributed by atoms with Crippen LogP contribution in [0.3, 0.4) is 0 Å². The standard InChI is InChI=1S/C20H26N4O/c1-23(2)13-6-11-22-20(25)18-15-17(10-12-21-18)24-14-5-8-16-7-3-4-9-19(16)24/h3-4,7,9-10,12,15H,5-6,8,11,13-14H2,1-2H3,(H,22,25). The average Bonchev–Trinajstić information content (AvgIpc) is 2.64. The summed E-state index contributed by atoms with van der Waals surface area (Å²) >= 11 is 0. The minimum atomic E-state index is -0.106. The molecule has 1 amide bonds. The number of anilines is 2. The Morgan fingerprint density at radius 1 is 1.28 bits per heavy atom. The fraction of sp³-hybridized carbons (Fsp3) is 0.400. The molecule has 1 aliphatic heterocycles. The van der Waals surface area contributed by atoms with Crippen LogP contribution in [-0.2, 0) is 6.42 Å². The number of carbonyl (C=O) groups is 1. The van der Waals surface area contributed by atoms with Crippen molar-refractivity contribution in [2.24, 2.45) is 0 Å². The monoisotopic (exact) mass is 338 g/mol. The van der Waals surface area contributed by atoms with Crippen LogP contribution in [0.25, 0.3) is 0 Å². The van der Waals surface area contributed by atoms with Gasteiger partial charge in [-0.1, -0.05) is 18.2 Å². The van der Waals surface area contributed by atoms with Crippen LogP contribution in [0.2, 0.25) is 0 Å². The summed E-state index contributed by atoms with van der Waals surface area (Å²) in [4.78, 5) is 21.0. The van der Waals surface area contributed by atoms with Crippen LogP contribution in [0.4, 0.5) is 11.4 Å². The van der Waals surface area contributed by atoms with Crippen LogP contribution in [0, 0.1) is 0 Å². The molecule has 25 heavy (non-hydrogen) atoms. The Labute approximate surface area is 149 Å². The van der Waals surface area contributed by atoms with Crippen LogP contribution < -0.4 is 10.2 Å². The highest BCUT2D eigenvalue weighted by molar-refractivity contribution is 5.93. The number of hydrogen-bond acceptors (Lipinski definition) is 4. The van der Waals surface area contributed by atoms with Crippen LogP contribution in [0.5, 0.6) is 0 Å². The zero-order chi connectivity index (χ0) is 17.6. The molecule has 1 N–H and O–H groups in total.